The molecule has 0 amide bonds. The van der Waals surface area contributed by atoms with E-state index in [0.29, 0.717) is 23.1 Å². The number of hydrogen-bond donors (Lipinski definition) is 2. The molecule has 6 nitrogen and oxygen atoms in total. The van der Waals surface area contributed by atoms with Crippen LogP contribution < -0.4 is 10.2 Å². The van der Waals surface area contributed by atoms with Crippen molar-refractivity contribution in [3.63, 3.8) is 0 Å². The molecule has 6 heteroatoms. The molecule has 0 atom stereocenters. The molecule has 0 unspecified atom stereocenters. The zero-order valence-corrected chi connectivity index (χ0v) is 18.5. The van der Waals surface area contributed by atoms with E-state index in [-0.39, 0.29) is 16.8 Å². The van der Waals surface area contributed by atoms with Crippen molar-refractivity contribution >= 4 is 16.7 Å². The Bertz CT molecular complexity index is 1060. The van der Waals surface area contributed by atoms with E-state index < -0.39 is 0 Å². The molecular formula is C24H29N5O. The molecule has 1 aliphatic heterocycles. The van der Waals surface area contributed by atoms with Crippen LogP contribution in [0.5, 0.6) is 5.75 Å². The van der Waals surface area contributed by atoms with Gasteiger partial charge in [0.2, 0.25) is 5.82 Å². The maximum absolute atomic E-state index is 10.5. The molecule has 3 heterocycles. The lowest BCUT2D eigenvalue weighted by Crippen LogP contribution is -2.62. The first-order chi connectivity index (χ1) is 14.0. The number of nitrogens with one attached hydrogen (secondary N) is 1. The molecular weight excluding hydrogens is 374 g/mol. The quantitative estimate of drug-likeness (QED) is 0.687. The molecule has 1 saturated heterocycles. The Morgan fingerprint density at radius 2 is 1.77 bits per heavy atom. The molecule has 4 rings (SSSR count). The predicted molar refractivity (Wildman–Crippen MR) is 120 cm³/mol. The maximum atomic E-state index is 10.5. The minimum absolute atomic E-state index is 0.0425. The fourth-order valence-corrected chi connectivity index (χ4v) is 4.72. The third-order valence-electron chi connectivity index (χ3n) is 5.78. The van der Waals surface area contributed by atoms with Crippen molar-refractivity contribution in [2.45, 2.75) is 64.6 Å². The molecule has 3 aromatic rings. The van der Waals surface area contributed by atoms with Crippen molar-refractivity contribution in [3.05, 3.63) is 42.1 Å². The lowest BCUT2D eigenvalue weighted by atomic mass is 9.79. The zero-order chi connectivity index (χ0) is 21.7. The second kappa shape index (κ2) is 7.10. The summed E-state index contributed by atoms with van der Waals surface area (Å²) >= 11 is 0. The summed E-state index contributed by atoms with van der Waals surface area (Å²) in [4.78, 5) is 6.51. The fraction of sp³-hybridized carbons (Fsp3) is 0.458. The molecule has 2 aromatic heterocycles. The van der Waals surface area contributed by atoms with Crippen LogP contribution in [0.3, 0.4) is 0 Å². The monoisotopic (exact) mass is 403 g/mol. The molecule has 1 aromatic carbocycles. The number of aromatic nitrogens is 3. The van der Waals surface area contributed by atoms with Gasteiger partial charge in [0, 0.05) is 41.8 Å². The topological polar surface area (TPSA) is 74.2 Å². The Kier molecular flexibility index (Phi) is 4.82. The van der Waals surface area contributed by atoms with Crippen LogP contribution in [-0.2, 0) is 0 Å². The molecule has 0 spiro atoms. The zero-order valence-electron chi connectivity index (χ0n) is 18.5. The van der Waals surface area contributed by atoms with Gasteiger partial charge in [-0.05, 0) is 77.3 Å². The molecule has 2 N–H and O–H groups in total. The minimum atomic E-state index is 0.0425. The number of aromatic hydroxyl groups is 1. The second-order valence-corrected chi connectivity index (χ2v) is 9.76. The van der Waals surface area contributed by atoms with Gasteiger partial charge >= 0.3 is 0 Å². The minimum Gasteiger partial charge on any atom is -0.507 e. The van der Waals surface area contributed by atoms with Gasteiger partial charge in [0.1, 0.15) is 11.4 Å². The Morgan fingerprint density at radius 1 is 1.07 bits per heavy atom. The summed E-state index contributed by atoms with van der Waals surface area (Å²) in [5, 5.41) is 23.9. The van der Waals surface area contributed by atoms with Crippen molar-refractivity contribution in [1.29, 1.82) is 0 Å². The van der Waals surface area contributed by atoms with Gasteiger partial charge in [-0.1, -0.05) is 0 Å². The summed E-state index contributed by atoms with van der Waals surface area (Å²) < 4.78 is 0. The first-order valence-electron chi connectivity index (χ1n) is 10.3. The highest BCUT2D eigenvalue weighted by molar-refractivity contribution is 5.87. The highest BCUT2D eigenvalue weighted by Crippen LogP contribution is 2.33. The third-order valence-corrected chi connectivity index (χ3v) is 5.78. The number of hydrogen-bond acceptors (Lipinski definition) is 6. The number of anilines is 1. The molecule has 0 aliphatic carbocycles. The van der Waals surface area contributed by atoms with E-state index in [9.17, 15) is 5.11 Å². The first kappa shape index (κ1) is 20.4. The van der Waals surface area contributed by atoms with E-state index >= 15 is 0 Å². The van der Waals surface area contributed by atoms with Gasteiger partial charge in [-0.25, -0.2) is 0 Å². The lowest BCUT2D eigenvalue weighted by molar-refractivity contribution is 0.160. The Balaban J connectivity index is 1.61. The summed E-state index contributed by atoms with van der Waals surface area (Å²) in [6, 6.07) is 12.1. The second-order valence-electron chi connectivity index (χ2n) is 9.76. The van der Waals surface area contributed by atoms with Crippen molar-refractivity contribution in [2.24, 2.45) is 0 Å². The fourth-order valence-electron chi connectivity index (χ4n) is 4.72. The van der Waals surface area contributed by atoms with E-state index in [0.717, 1.165) is 29.3 Å². The van der Waals surface area contributed by atoms with E-state index in [1.807, 2.05) is 26.1 Å². The van der Waals surface area contributed by atoms with Gasteiger partial charge in [0.05, 0.1) is 11.1 Å². The van der Waals surface area contributed by atoms with E-state index in [4.69, 9.17) is 0 Å². The molecule has 30 heavy (non-hydrogen) atoms. The largest absolute Gasteiger partial charge is 0.507 e. The van der Waals surface area contributed by atoms with Crippen LogP contribution in [0.4, 0.5) is 5.82 Å². The molecule has 0 bridgehead atoms. The summed E-state index contributed by atoms with van der Waals surface area (Å²) in [6.45, 7) is 10.9. The predicted octanol–water partition coefficient (Wildman–Crippen LogP) is 4.05. The summed E-state index contributed by atoms with van der Waals surface area (Å²) in [5.74, 6) is 0.774. The van der Waals surface area contributed by atoms with Crippen molar-refractivity contribution in [1.82, 2.24) is 20.5 Å². The number of nitrogens with zero attached hydrogens (tertiary/aromatic N) is 4. The van der Waals surface area contributed by atoms with Gasteiger partial charge in [-0.15, -0.1) is 10.2 Å². The number of pyridine rings is 1. The molecule has 0 saturated carbocycles. The highest BCUT2D eigenvalue weighted by atomic mass is 16.3. The summed E-state index contributed by atoms with van der Waals surface area (Å²) in [6.07, 6.45) is 3.79. The van der Waals surface area contributed by atoms with Gasteiger partial charge in [-0.3, -0.25) is 4.98 Å². The Morgan fingerprint density at radius 3 is 2.40 bits per heavy atom. The van der Waals surface area contributed by atoms with Gasteiger partial charge in [0.15, 0.2) is 0 Å². The normalized spacial score (nSPS) is 18.2. The van der Waals surface area contributed by atoms with Crippen LogP contribution in [0.2, 0.25) is 0 Å². The standard InChI is InChI=1S/C24H29N5O/c1-15-9-16-10-18(21(30)11-20(16)25-14-15)19-7-8-22(27-26-19)29(6)17-12-23(2,3)28-24(4,5)13-17/h9-11,14,17,28,30H,12-13H2,1-6H3. The average molecular weight is 404 g/mol. The van der Waals surface area contributed by atoms with Gasteiger partial charge < -0.3 is 15.3 Å². The summed E-state index contributed by atoms with van der Waals surface area (Å²) in [7, 11) is 2.04. The number of aryl methyl sites for hydroxylation is 1. The number of fused-ring (bicyclic) bond motifs is 1. The van der Waals surface area contributed by atoms with E-state index in [1.54, 1.807) is 12.3 Å². The summed E-state index contributed by atoms with van der Waals surface area (Å²) in [5.41, 5.74) is 2.94. The Labute approximate surface area is 178 Å². The average Bonchev–Trinajstić information content (AvgIpc) is 2.65. The van der Waals surface area contributed by atoms with Gasteiger partial charge in [0.25, 0.3) is 0 Å². The van der Waals surface area contributed by atoms with Crippen LogP contribution in [0, 0.1) is 19.1 Å². The van der Waals surface area contributed by atoms with Crippen LogP contribution in [0.25, 0.3) is 22.2 Å². The number of phenols is 1. The molecule has 1 fully saturated rings. The first-order valence-corrected chi connectivity index (χ1v) is 10.3. The number of piperidine rings is 1. The van der Waals surface area contributed by atoms with Crippen molar-refractivity contribution in [2.75, 3.05) is 11.9 Å². The third kappa shape index (κ3) is 4.03. The maximum Gasteiger partial charge on any atom is 0.203 e. The lowest BCUT2D eigenvalue weighted by Gasteiger charge is -2.48. The van der Waals surface area contributed by atoms with Crippen molar-refractivity contribution in [3.8, 4) is 17.0 Å². The van der Waals surface area contributed by atoms with Crippen LogP contribution in [0.1, 0.15) is 46.1 Å². The molecule has 156 valence electrons. The van der Waals surface area contributed by atoms with Crippen LogP contribution >= 0.6 is 0 Å². The highest BCUT2D eigenvalue weighted by Gasteiger charge is 2.39. The number of phenolic OH excluding ortho intramolecular Hbond substituents is 1. The van der Waals surface area contributed by atoms with Crippen molar-refractivity contribution < 1.29 is 5.11 Å². The van der Waals surface area contributed by atoms with E-state index in [1.165, 1.54) is 0 Å². The number of benzene rings is 1. The van der Waals surface area contributed by atoms with E-state index in [2.05, 4.69) is 65.2 Å². The smallest absolute Gasteiger partial charge is 0.203 e. The SMILES string of the molecule is Cc1cnc2cc(O)c(-c3c#cc(N(C)C4CC(C)(C)NC(C)(C)C4)nn3)cc2c1. The number of rotatable bonds is 3. The Hall–Kier alpha value is -2.91. The van der Waals surface area contributed by atoms with Gasteiger partial charge in [-0.2, -0.15) is 0 Å². The molecule has 1 aliphatic rings. The van der Waals surface area contributed by atoms with Crippen LogP contribution in [0.15, 0.2) is 24.4 Å². The molecule has 0 radical (unpaired) electrons. The van der Waals surface area contributed by atoms with Crippen LogP contribution in [-0.4, -0.2) is 44.5 Å².